The van der Waals surface area contributed by atoms with E-state index >= 15 is 0 Å². The summed E-state index contributed by atoms with van der Waals surface area (Å²) in [5, 5.41) is 0. The molecular weight excluding hydrogens is 257 g/mol. The Morgan fingerprint density at radius 2 is 2.07 bits per heavy atom. The van der Waals surface area contributed by atoms with E-state index < -0.39 is 6.17 Å². The molecule has 2 unspecified atom stereocenters. The van der Waals surface area contributed by atoms with Gasteiger partial charge in [0.2, 0.25) is 0 Å². The first-order valence-electron chi connectivity index (χ1n) is 5.19. The SMILES string of the molecule is CC(F)c1ccc(C(C)CCN)cc1Br. The number of rotatable bonds is 4. The van der Waals surface area contributed by atoms with Crippen molar-refractivity contribution in [2.24, 2.45) is 5.73 Å². The summed E-state index contributed by atoms with van der Waals surface area (Å²) in [5.74, 6) is 0.426. The van der Waals surface area contributed by atoms with Crippen LogP contribution >= 0.6 is 15.9 Å². The molecule has 0 radical (unpaired) electrons. The molecule has 1 rings (SSSR count). The van der Waals surface area contributed by atoms with Gasteiger partial charge in [-0.2, -0.15) is 0 Å². The number of hydrogen-bond donors (Lipinski definition) is 1. The molecule has 0 saturated heterocycles. The first kappa shape index (κ1) is 12.7. The highest BCUT2D eigenvalue weighted by Crippen LogP contribution is 2.29. The first-order valence-corrected chi connectivity index (χ1v) is 5.99. The van der Waals surface area contributed by atoms with Gasteiger partial charge in [-0.1, -0.05) is 35.0 Å². The van der Waals surface area contributed by atoms with E-state index in [1.54, 1.807) is 6.92 Å². The zero-order valence-corrected chi connectivity index (χ0v) is 10.7. The van der Waals surface area contributed by atoms with Crippen LogP contribution in [0.1, 0.15) is 43.5 Å². The van der Waals surface area contributed by atoms with Crippen LogP contribution in [0.3, 0.4) is 0 Å². The summed E-state index contributed by atoms with van der Waals surface area (Å²) in [6.07, 6.45) is 0.0231. The molecule has 0 aliphatic carbocycles. The van der Waals surface area contributed by atoms with E-state index in [9.17, 15) is 4.39 Å². The average molecular weight is 274 g/mol. The summed E-state index contributed by atoms with van der Waals surface area (Å²) in [6, 6.07) is 5.82. The molecule has 0 heterocycles. The van der Waals surface area contributed by atoms with Crippen LogP contribution in [0.15, 0.2) is 22.7 Å². The van der Waals surface area contributed by atoms with Gasteiger partial charge >= 0.3 is 0 Å². The highest BCUT2D eigenvalue weighted by molar-refractivity contribution is 9.10. The van der Waals surface area contributed by atoms with Crippen molar-refractivity contribution >= 4 is 15.9 Å². The maximum atomic E-state index is 13.1. The minimum Gasteiger partial charge on any atom is -0.330 e. The highest BCUT2D eigenvalue weighted by atomic mass is 79.9. The molecule has 0 fully saturated rings. The van der Waals surface area contributed by atoms with Crippen LogP contribution < -0.4 is 5.73 Å². The molecule has 2 N–H and O–H groups in total. The van der Waals surface area contributed by atoms with Crippen molar-refractivity contribution in [3.05, 3.63) is 33.8 Å². The van der Waals surface area contributed by atoms with Gasteiger partial charge in [-0.3, -0.25) is 0 Å². The summed E-state index contributed by atoms with van der Waals surface area (Å²) >= 11 is 3.40. The Morgan fingerprint density at radius 3 is 2.53 bits per heavy atom. The van der Waals surface area contributed by atoms with Crippen molar-refractivity contribution in [3.63, 3.8) is 0 Å². The van der Waals surface area contributed by atoms with E-state index in [-0.39, 0.29) is 0 Å². The lowest BCUT2D eigenvalue weighted by atomic mass is 9.96. The van der Waals surface area contributed by atoms with Crippen molar-refractivity contribution in [3.8, 4) is 0 Å². The van der Waals surface area contributed by atoms with Gasteiger partial charge in [0, 0.05) is 4.47 Å². The number of hydrogen-bond acceptors (Lipinski definition) is 1. The zero-order valence-electron chi connectivity index (χ0n) is 9.13. The van der Waals surface area contributed by atoms with Gasteiger partial charge in [0.25, 0.3) is 0 Å². The van der Waals surface area contributed by atoms with Crippen molar-refractivity contribution < 1.29 is 4.39 Å². The fourth-order valence-electron chi connectivity index (χ4n) is 1.59. The second-order valence-electron chi connectivity index (χ2n) is 3.88. The Bertz CT molecular complexity index is 325. The normalized spacial score (nSPS) is 15.0. The van der Waals surface area contributed by atoms with Crippen LogP contribution in [0.4, 0.5) is 4.39 Å². The Balaban J connectivity index is 2.91. The molecule has 3 heteroatoms. The summed E-state index contributed by atoms with van der Waals surface area (Å²) in [6.45, 7) is 4.36. The van der Waals surface area contributed by atoms with Crippen LogP contribution in [0.5, 0.6) is 0 Å². The molecule has 0 aliphatic heterocycles. The summed E-state index contributed by atoms with van der Waals surface area (Å²) in [4.78, 5) is 0. The van der Waals surface area contributed by atoms with E-state index in [0.29, 0.717) is 18.0 Å². The van der Waals surface area contributed by atoms with Gasteiger partial charge in [0.05, 0.1) is 0 Å². The lowest BCUT2D eigenvalue weighted by molar-refractivity contribution is 0.373. The van der Waals surface area contributed by atoms with Crippen molar-refractivity contribution in [1.82, 2.24) is 0 Å². The molecule has 1 nitrogen and oxygen atoms in total. The number of nitrogens with two attached hydrogens (primary N) is 1. The first-order chi connectivity index (χ1) is 7.06. The zero-order chi connectivity index (χ0) is 11.4. The fraction of sp³-hybridized carbons (Fsp3) is 0.500. The Morgan fingerprint density at radius 1 is 1.40 bits per heavy atom. The standard InChI is InChI=1S/C12H17BrFN/c1-8(5-6-15)10-3-4-11(9(2)14)12(13)7-10/h3-4,7-9H,5-6,15H2,1-2H3. The quantitative estimate of drug-likeness (QED) is 0.884. The third-order valence-electron chi connectivity index (χ3n) is 2.62. The van der Waals surface area contributed by atoms with E-state index in [2.05, 4.69) is 22.9 Å². The third kappa shape index (κ3) is 3.28. The summed E-state index contributed by atoms with van der Waals surface area (Å²) in [5.41, 5.74) is 7.42. The van der Waals surface area contributed by atoms with Crippen molar-refractivity contribution in [1.29, 1.82) is 0 Å². The van der Waals surface area contributed by atoms with E-state index in [0.717, 1.165) is 10.9 Å². The maximum absolute atomic E-state index is 13.1. The number of benzene rings is 1. The monoisotopic (exact) mass is 273 g/mol. The van der Waals surface area contributed by atoms with Gasteiger partial charge in [0.1, 0.15) is 6.17 Å². The molecule has 0 spiro atoms. The van der Waals surface area contributed by atoms with Gasteiger partial charge in [-0.25, -0.2) is 4.39 Å². The number of halogens is 2. The number of alkyl halides is 1. The van der Waals surface area contributed by atoms with Gasteiger partial charge < -0.3 is 5.73 Å². The topological polar surface area (TPSA) is 26.0 Å². The van der Waals surface area contributed by atoms with E-state index in [1.165, 1.54) is 5.56 Å². The molecule has 0 amide bonds. The molecule has 1 aromatic carbocycles. The van der Waals surface area contributed by atoms with Gasteiger partial charge in [-0.05, 0) is 43.0 Å². The van der Waals surface area contributed by atoms with Crippen LogP contribution in [0.2, 0.25) is 0 Å². The molecule has 0 aliphatic rings. The predicted molar refractivity (Wildman–Crippen MR) is 65.8 cm³/mol. The smallest absolute Gasteiger partial charge is 0.123 e. The van der Waals surface area contributed by atoms with Crippen LogP contribution in [0, 0.1) is 0 Å². The van der Waals surface area contributed by atoms with Gasteiger partial charge in [-0.15, -0.1) is 0 Å². The minimum atomic E-state index is -0.932. The highest BCUT2D eigenvalue weighted by Gasteiger charge is 2.10. The van der Waals surface area contributed by atoms with Crippen LogP contribution in [-0.2, 0) is 0 Å². The molecule has 0 saturated carbocycles. The third-order valence-corrected chi connectivity index (χ3v) is 3.31. The lowest BCUT2D eigenvalue weighted by Crippen LogP contribution is -2.04. The van der Waals surface area contributed by atoms with Crippen LogP contribution in [-0.4, -0.2) is 6.54 Å². The molecule has 15 heavy (non-hydrogen) atoms. The van der Waals surface area contributed by atoms with Crippen molar-refractivity contribution in [2.45, 2.75) is 32.4 Å². The maximum Gasteiger partial charge on any atom is 0.123 e. The fourth-order valence-corrected chi connectivity index (χ4v) is 2.30. The molecular formula is C12H17BrFN. The van der Waals surface area contributed by atoms with E-state index in [4.69, 9.17) is 5.73 Å². The molecule has 1 aromatic rings. The molecule has 0 bridgehead atoms. The Kier molecular flexibility index (Phi) is 4.74. The largest absolute Gasteiger partial charge is 0.330 e. The molecule has 84 valence electrons. The summed E-state index contributed by atoms with van der Waals surface area (Å²) < 4.78 is 14.0. The summed E-state index contributed by atoms with van der Waals surface area (Å²) in [7, 11) is 0. The second kappa shape index (κ2) is 5.61. The lowest BCUT2D eigenvalue weighted by Gasteiger charge is -2.13. The Hall–Kier alpha value is -0.410. The molecule has 0 aromatic heterocycles. The van der Waals surface area contributed by atoms with Gasteiger partial charge in [0.15, 0.2) is 0 Å². The van der Waals surface area contributed by atoms with E-state index in [1.807, 2.05) is 18.2 Å². The minimum absolute atomic E-state index is 0.426. The molecule has 2 atom stereocenters. The second-order valence-corrected chi connectivity index (χ2v) is 4.73. The average Bonchev–Trinajstić information content (AvgIpc) is 2.17. The predicted octanol–water partition coefficient (Wildman–Crippen LogP) is 3.93. The Labute approximate surface area is 99.0 Å². The van der Waals surface area contributed by atoms with Crippen LogP contribution in [0.25, 0.3) is 0 Å². The van der Waals surface area contributed by atoms with Crippen molar-refractivity contribution in [2.75, 3.05) is 6.54 Å².